The summed E-state index contributed by atoms with van der Waals surface area (Å²) in [5, 5.41) is 3.50. The Balaban J connectivity index is 1.93. The molecule has 2 heterocycles. The van der Waals surface area contributed by atoms with Crippen molar-refractivity contribution in [1.82, 2.24) is 5.32 Å². The molecule has 0 amide bonds. The van der Waals surface area contributed by atoms with Gasteiger partial charge in [0.05, 0.1) is 36.9 Å². The number of ketones is 1. The Morgan fingerprint density at radius 2 is 1.89 bits per heavy atom. The molecule has 1 aromatic heterocycles. The number of carbonyl (C=O) groups is 3. The van der Waals surface area contributed by atoms with Crippen molar-refractivity contribution in [2.75, 3.05) is 27.4 Å². The molecule has 3 atom stereocenters. The van der Waals surface area contributed by atoms with E-state index < -0.39 is 29.6 Å². The number of aryl methyl sites for hydroxylation is 1. The van der Waals surface area contributed by atoms with E-state index in [2.05, 4.69) is 5.32 Å². The van der Waals surface area contributed by atoms with E-state index in [1.165, 1.54) is 20.5 Å². The molecule has 0 radical (unpaired) electrons. The molecule has 1 aliphatic heterocycles. The third kappa shape index (κ3) is 4.35. The highest BCUT2D eigenvalue weighted by Gasteiger charge is 2.48. The van der Waals surface area contributed by atoms with Crippen LogP contribution in [0.25, 0.3) is 11.0 Å². The first-order valence-corrected chi connectivity index (χ1v) is 11.7. The smallest absolute Gasteiger partial charge is 0.336 e. The first-order chi connectivity index (χ1) is 17.2. The number of methoxy groups -OCH3 is 2. The van der Waals surface area contributed by atoms with Crippen LogP contribution in [-0.4, -0.2) is 45.2 Å². The van der Waals surface area contributed by atoms with E-state index in [1.807, 2.05) is 13.0 Å². The van der Waals surface area contributed by atoms with Crippen molar-refractivity contribution < 1.29 is 33.0 Å². The lowest BCUT2D eigenvalue weighted by atomic mass is 9.69. The van der Waals surface area contributed by atoms with Crippen LogP contribution in [-0.2, 0) is 28.6 Å². The van der Waals surface area contributed by atoms with Crippen LogP contribution in [0.4, 0.5) is 0 Å². The van der Waals surface area contributed by atoms with Gasteiger partial charge in [-0.3, -0.25) is 14.4 Å². The first kappa shape index (κ1) is 25.4. The number of dihydropyridines is 1. The lowest BCUT2D eigenvalue weighted by Crippen LogP contribution is -2.44. The predicted octanol–water partition coefficient (Wildman–Crippen LogP) is 2.90. The Bertz CT molecular complexity index is 1370. The second-order valence-electron chi connectivity index (χ2n) is 9.18. The number of esters is 2. The summed E-state index contributed by atoms with van der Waals surface area (Å²) in [6, 6.07) is 5.23. The molecular weight excluding hydrogens is 466 g/mol. The van der Waals surface area contributed by atoms with Crippen molar-refractivity contribution in [2.45, 2.75) is 33.1 Å². The number of hydrogen-bond donors (Lipinski definition) is 1. The molecule has 1 aromatic carbocycles. The van der Waals surface area contributed by atoms with E-state index in [-0.39, 0.29) is 41.3 Å². The Hall–Kier alpha value is -3.72. The zero-order valence-corrected chi connectivity index (χ0v) is 20.9. The second-order valence-corrected chi connectivity index (χ2v) is 9.18. The number of nitrogens with one attached hydrogen (secondary N) is 1. The van der Waals surface area contributed by atoms with Gasteiger partial charge in [-0.15, -0.1) is 0 Å². The van der Waals surface area contributed by atoms with Crippen molar-refractivity contribution in [3.63, 3.8) is 0 Å². The van der Waals surface area contributed by atoms with Gasteiger partial charge in [0, 0.05) is 29.6 Å². The molecule has 9 nitrogen and oxygen atoms in total. The molecule has 0 unspecified atom stereocenters. The number of benzene rings is 1. The summed E-state index contributed by atoms with van der Waals surface area (Å²) in [4.78, 5) is 53.4. The number of hydrogen-bond acceptors (Lipinski definition) is 9. The van der Waals surface area contributed by atoms with Crippen molar-refractivity contribution >= 4 is 28.7 Å². The van der Waals surface area contributed by atoms with Crippen molar-refractivity contribution in [1.29, 1.82) is 0 Å². The fraction of sp³-hybridized carbons (Fsp3) is 0.407. The van der Waals surface area contributed by atoms with Gasteiger partial charge in [0.1, 0.15) is 18.1 Å². The summed E-state index contributed by atoms with van der Waals surface area (Å²) < 4.78 is 21.1. The Labute approximate surface area is 208 Å². The molecule has 0 saturated carbocycles. The summed E-state index contributed by atoms with van der Waals surface area (Å²) in [7, 11) is 2.71. The van der Waals surface area contributed by atoms with Gasteiger partial charge < -0.3 is 23.9 Å². The third-order valence-electron chi connectivity index (χ3n) is 6.75. The van der Waals surface area contributed by atoms with Gasteiger partial charge in [0.25, 0.3) is 0 Å². The fourth-order valence-corrected chi connectivity index (χ4v) is 5.02. The highest BCUT2D eigenvalue weighted by Crippen LogP contribution is 2.45. The molecule has 2 aromatic rings. The molecule has 0 spiro atoms. The molecule has 2 aliphatic rings. The van der Waals surface area contributed by atoms with E-state index in [0.717, 1.165) is 5.56 Å². The minimum Gasteiger partial charge on any atom is -0.468 e. The zero-order valence-electron chi connectivity index (χ0n) is 20.9. The normalized spacial score (nSPS) is 21.8. The van der Waals surface area contributed by atoms with Crippen LogP contribution in [0.3, 0.4) is 0 Å². The first-order valence-electron chi connectivity index (χ1n) is 11.7. The monoisotopic (exact) mass is 495 g/mol. The Kier molecular flexibility index (Phi) is 7.12. The maximum absolute atomic E-state index is 13.8. The molecular formula is C27H29NO8. The third-order valence-corrected chi connectivity index (χ3v) is 6.75. The highest BCUT2D eigenvalue weighted by molar-refractivity contribution is 6.12. The summed E-state index contributed by atoms with van der Waals surface area (Å²) in [5.74, 6) is -4.32. The van der Waals surface area contributed by atoms with Gasteiger partial charge in [-0.05, 0) is 38.3 Å². The van der Waals surface area contributed by atoms with Gasteiger partial charge in [0.2, 0.25) is 0 Å². The molecule has 1 aliphatic carbocycles. The van der Waals surface area contributed by atoms with Crippen molar-refractivity contribution in [2.24, 2.45) is 11.8 Å². The van der Waals surface area contributed by atoms with Crippen LogP contribution < -0.4 is 10.7 Å². The lowest BCUT2D eigenvalue weighted by molar-refractivity contribution is -0.151. The lowest BCUT2D eigenvalue weighted by Gasteiger charge is -2.37. The largest absolute Gasteiger partial charge is 0.468 e. The zero-order chi connectivity index (χ0) is 26.1. The molecule has 4 rings (SSSR count). The molecule has 190 valence electrons. The maximum Gasteiger partial charge on any atom is 0.336 e. The molecule has 0 saturated heterocycles. The topological polar surface area (TPSA) is 121 Å². The van der Waals surface area contributed by atoms with Crippen LogP contribution in [0.5, 0.6) is 0 Å². The summed E-state index contributed by atoms with van der Waals surface area (Å²) in [6.07, 6.45) is 1.65. The van der Waals surface area contributed by atoms with Crippen LogP contribution in [0.1, 0.15) is 37.3 Å². The quantitative estimate of drug-likeness (QED) is 0.366. The number of allylic oxidation sites excluding steroid dienone is 3. The van der Waals surface area contributed by atoms with Crippen molar-refractivity contribution in [3.8, 4) is 0 Å². The van der Waals surface area contributed by atoms with Crippen LogP contribution in [0.15, 0.2) is 56.2 Å². The van der Waals surface area contributed by atoms with E-state index in [4.69, 9.17) is 18.6 Å². The minimum atomic E-state index is -1.08. The van der Waals surface area contributed by atoms with Crippen LogP contribution >= 0.6 is 0 Å². The van der Waals surface area contributed by atoms with Crippen LogP contribution in [0.2, 0.25) is 0 Å². The van der Waals surface area contributed by atoms with E-state index in [9.17, 15) is 19.2 Å². The van der Waals surface area contributed by atoms with Gasteiger partial charge in [-0.2, -0.15) is 0 Å². The summed E-state index contributed by atoms with van der Waals surface area (Å²) in [6.45, 7) is 5.51. The number of ether oxygens (including phenoxy) is 3. The predicted molar refractivity (Wildman–Crippen MR) is 130 cm³/mol. The number of rotatable bonds is 6. The molecule has 0 bridgehead atoms. The fourth-order valence-electron chi connectivity index (χ4n) is 5.02. The van der Waals surface area contributed by atoms with Gasteiger partial charge in [-0.1, -0.05) is 18.6 Å². The van der Waals surface area contributed by atoms with Gasteiger partial charge >= 0.3 is 11.9 Å². The van der Waals surface area contributed by atoms with Crippen LogP contribution in [0, 0.1) is 18.8 Å². The van der Waals surface area contributed by atoms with Gasteiger partial charge in [0.15, 0.2) is 11.2 Å². The molecule has 9 heteroatoms. The van der Waals surface area contributed by atoms with E-state index >= 15 is 0 Å². The maximum atomic E-state index is 13.8. The summed E-state index contributed by atoms with van der Waals surface area (Å²) in [5.41, 5.74) is 2.30. The standard InChI is InChI=1S/C27H29NO8/c1-13-6-7-19-16(10-13)24(29)17(12-36-19)22-21(27(32)35-9-8-33-4)15(3)28-18-11-14(2)20(26(31)34-5)25(30)23(18)22/h6-7,10,12,14,20,22,28H,8-9,11H2,1-5H3/t14-,20-,22-/m0/s1. The minimum absolute atomic E-state index is 0.00791. The SMILES string of the molecule is COCCOC(=O)C1=C(C)NC2=C(C(=O)[C@@H](C(=O)OC)[C@@H](C)C2)[C@H]1c1coc2ccc(C)cc2c1=O. The molecule has 1 N–H and O–H groups in total. The number of carbonyl (C=O) groups excluding carboxylic acids is 3. The van der Waals surface area contributed by atoms with Crippen molar-refractivity contribution in [3.05, 3.63) is 68.4 Å². The van der Waals surface area contributed by atoms with E-state index in [0.29, 0.717) is 28.8 Å². The Morgan fingerprint density at radius 1 is 1.14 bits per heavy atom. The number of Topliss-reactive ketones (excluding diaryl/α,β-unsaturated/α-hetero) is 1. The van der Waals surface area contributed by atoms with Gasteiger partial charge in [-0.25, -0.2) is 4.79 Å². The average molecular weight is 496 g/mol. The Morgan fingerprint density at radius 3 is 2.58 bits per heavy atom. The summed E-state index contributed by atoms with van der Waals surface area (Å²) >= 11 is 0. The second kappa shape index (κ2) is 10.1. The van der Waals surface area contributed by atoms with E-state index in [1.54, 1.807) is 26.0 Å². The average Bonchev–Trinajstić information content (AvgIpc) is 2.83. The number of fused-ring (bicyclic) bond motifs is 1. The highest BCUT2D eigenvalue weighted by atomic mass is 16.6. The molecule has 0 fully saturated rings. The molecule has 36 heavy (non-hydrogen) atoms.